The summed E-state index contributed by atoms with van der Waals surface area (Å²) >= 11 is 5.99. The van der Waals surface area contributed by atoms with Gasteiger partial charge in [0.25, 0.3) is 0 Å². The zero-order valence-electron chi connectivity index (χ0n) is 15.7. The Labute approximate surface area is 168 Å². The molecule has 3 saturated heterocycles. The Balaban J connectivity index is 1.21. The van der Waals surface area contributed by atoms with Crippen LogP contribution in [0.1, 0.15) is 19.3 Å². The van der Waals surface area contributed by atoms with Crippen LogP contribution in [-0.2, 0) is 9.53 Å². The molecule has 6 nitrogen and oxygen atoms in total. The van der Waals surface area contributed by atoms with E-state index >= 15 is 0 Å². The van der Waals surface area contributed by atoms with Crippen LogP contribution in [0, 0.1) is 17.2 Å². The minimum atomic E-state index is -0.388. The van der Waals surface area contributed by atoms with Gasteiger partial charge in [0.05, 0.1) is 18.2 Å². The summed E-state index contributed by atoms with van der Waals surface area (Å²) in [5.41, 5.74) is -0.161. The third-order valence-corrected chi connectivity index (χ3v) is 6.12. The molecular weight excluding hydrogens is 387 g/mol. The van der Waals surface area contributed by atoms with Crippen LogP contribution < -0.4 is 4.74 Å². The molecule has 0 unspecified atom stereocenters. The van der Waals surface area contributed by atoms with Crippen molar-refractivity contribution in [3.63, 3.8) is 0 Å². The monoisotopic (exact) mass is 410 g/mol. The van der Waals surface area contributed by atoms with Crippen LogP contribution in [0.15, 0.2) is 18.2 Å². The SMILES string of the molecule is O=C1COCC2(C1)CN(C(=O)N1CCC(COc3ccc(F)cc3Cl)CC1)C2. The number of carbonyl (C=O) groups excluding carboxylic acids is 2. The number of ether oxygens (including phenoxy) is 2. The van der Waals surface area contributed by atoms with E-state index in [1.54, 1.807) is 0 Å². The molecule has 0 saturated carbocycles. The van der Waals surface area contributed by atoms with Crippen molar-refractivity contribution in [2.45, 2.75) is 19.3 Å². The topological polar surface area (TPSA) is 59.1 Å². The standard InChI is InChI=1S/C20H24ClFN2O4/c21-17-7-15(22)1-2-18(17)28-9-14-3-5-23(6-4-14)19(26)24-11-20(12-24)8-16(25)10-27-13-20/h1-2,7,14H,3-6,8-13H2. The van der Waals surface area contributed by atoms with Gasteiger partial charge in [-0.25, -0.2) is 9.18 Å². The number of piperidine rings is 1. The first-order valence-electron chi connectivity index (χ1n) is 9.65. The number of hydrogen-bond donors (Lipinski definition) is 0. The van der Waals surface area contributed by atoms with E-state index in [4.69, 9.17) is 21.1 Å². The number of benzene rings is 1. The van der Waals surface area contributed by atoms with Crippen LogP contribution in [0.4, 0.5) is 9.18 Å². The molecule has 2 amide bonds. The zero-order valence-corrected chi connectivity index (χ0v) is 16.4. The summed E-state index contributed by atoms with van der Waals surface area (Å²) in [6.45, 7) is 3.83. The Morgan fingerprint density at radius 2 is 2.04 bits per heavy atom. The van der Waals surface area contributed by atoms with Crippen molar-refractivity contribution in [1.29, 1.82) is 0 Å². The molecule has 1 spiro atoms. The third kappa shape index (κ3) is 4.10. The van der Waals surface area contributed by atoms with Gasteiger partial charge in [-0.1, -0.05) is 11.6 Å². The van der Waals surface area contributed by atoms with Crippen LogP contribution in [0.25, 0.3) is 0 Å². The first-order chi connectivity index (χ1) is 13.4. The largest absolute Gasteiger partial charge is 0.492 e. The van der Waals surface area contributed by atoms with Crippen LogP contribution >= 0.6 is 11.6 Å². The number of halogens is 2. The second-order valence-corrected chi connectivity index (χ2v) is 8.57. The van der Waals surface area contributed by atoms with Crippen molar-refractivity contribution in [3.8, 4) is 5.75 Å². The van der Waals surface area contributed by atoms with Crippen molar-refractivity contribution >= 4 is 23.4 Å². The van der Waals surface area contributed by atoms with E-state index in [2.05, 4.69) is 0 Å². The van der Waals surface area contributed by atoms with Crippen molar-refractivity contribution < 1.29 is 23.5 Å². The predicted molar refractivity (Wildman–Crippen MR) is 101 cm³/mol. The molecule has 28 heavy (non-hydrogen) atoms. The summed E-state index contributed by atoms with van der Waals surface area (Å²) in [5.74, 6) is 0.551. The van der Waals surface area contributed by atoms with Crippen molar-refractivity contribution in [3.05, 3.63) is 29.0 Å². The number of amides is 2. The summed E-state index contributed by atoms with van der Waals surface area (Å²) in [6, 6.07) is 4.15. The minimum absolute atomic E-state index is 0.0459. The van der Waals surface area contributed by atoms with E-state index < -0.39 is 0 Å². The van der Waals surface area contributed by atoms with E-state index in [9.17, 15) is 14.0 Å². The molecule has 3 heterocycles. The predicted octanol–water partition coefficient (Wildman–Crippen LogP) is 2.98. The number of carbonyl (C=O) groups is 2. The van der Waals surface area contributed by atoms with Gasteiger partial charge < -0.3 is 19.3 Å². The highest BCUT2D eigenvalue weighted by Gasteiger charge is 2.49. The molecule has 1 aromatic carbocycles. The van der Waals surface area contributed by atoms with Gasteiger partial charge in [-0.05, 0) is 37.0 Å². The van der Waals surface area contributed by atoms with Gasteiger partial charge in [0.15, 0.2) is 5.78 Å². The fourth-order valence-electron chi connectivity index (χ4n) is 4.29. The van der Waals surface area contributed by atoms with E-state index in [1.165, 1.54) is 18.2 Å². The Bertz CT molecular complexity index is 761. The second-order valence-electron chi connectivity index (χ2n) is 8.16. The number of urea groups is 1. The maximum Gasteiger partial charge on any atom is 0.320 e. The summed E-state index contributed by atoms with van der Waals surface area (Å²) < 4.78 is 24.2. The van der Waals surface area contributed by atoms with Crippen molar-refractivity contribution in [2.75, 3.05) is 46.0 Å². The highest BCUT2D eigenvalue weighted by Crippen LogP contribution is 2.38. The first kappa shape index (κ1) is 19.5. The smallest absolute Gasteiger partial charge is 0.320 e. The molecule has 1 aromatic rings. The maximum atomic E-state index is 13.1. The normalized spacial score (nSPS) is 22.3. The molecule has 0 aromatic heterocycles. The molecular formula is C20H24ClFN2O4. The highest BCUT2D eigenvalue weighted by molar-refractivity contribution is 6.32. The fourth-order valence-corrected chi connectivity index (χ4v) is 4.52. The first-order valence-corrected chi connectivity index (χ1v) is 10.0. The van der Waals surface area contributed by atoms with Gasteiger partial charge in [0.1, 0.15) is 18.2 Å². The number of Topliss-reactive ketones (excluding diaryl/α,β-unsaturated/α-hetero) is 1. The number of rotatable bonds is 3. The van der Waals surface area contributed by atoms with Gasteiger partial charge in [-0.15, -0.1) is 0 Å². The third-order valence-electron chi connectivity index (χ3n) is 5.82. The summed E-state index contributed by atoms with van der Waals surface area (Å²) in [4.78, 5) is 28.0. The second kappa shape index (κ2) is 7.87. The molecule has 0 atom stereocenters. The number of nitrogens with zero attached hydrogens (tertiary/aromatic N) is 2. The van der Waals surface area contributed by atoms with Crippen LogP contribution in [0.5, 0.6) is 5.75 Å². The van der Waals surface area contributed by atoms with Crippen LogP contribution in [0.3, 0.4) is 0 Å². The lowest BCUT2D eigenvalue weighted by molar-refractivity contribution is -0.145. The summed E-state index contributed by atoms with van der Waals surface area (Å²) in [5, 5.41) is 0.268. The molecule has 0 N–H and O–H groups in total. The summed E-state index contributed by atoms with van der Waals surface area (Å²) in [6.07, 6.45) is 2.22. The minimum Gasteiger partial charge on any atom is -0.492 e. The number of ketones is 1. The van der Waals surface area contributed by atoms with Crippen LogP contribution in [0.2, 0.25) is 5.02 Å². The van der Waals surface area contributed by atoms with Gasteiger partial charge in [-0.2, -0.15) is 0 Å². The molecule has 0 radical (unpaired) electrons. The Morgan fingerprint density at radius 3 is 2.71 bits per heavy atom. The molecule has 4 rings (SSSR count). The maximum absolute atomic E-state index is 13.1. The van der Waals surface area contributed by atoms with Crippen molar-refractivity contribution in [1.82, 2.24) is 9.80 Å². The van der Waals surface area contributed by atoms with Gasteiger partial charge in [0, 0.05) is 38.0 Å². The van der Waals surface area contributed by atoms with E-state index in [0.717, 1.165) is 12.8 Å². The fraction of sp³-hybridized carbons (Fsp3) is 0.600. The van der Waals surface area contributed by atoms with E-state index in [-0.39, 0.29) is 34.7 Å². The van der Waals surface area contributed by atoms with E-state index in [0.29, 0.717) is 57.5 Å². The zero-order chi connectivity index (χ0) is 19.7. The number of likely N-dealkylation sites (tertiary alicyclic amines) is 2. The van der Waals surface area contributed by atoms with Gasteiger partial charge in [-0.3, -0.25) is 4.79 Å². The lowest BCUT2D eigenvalue weighted by Gasteiger charge is -2.52. The molecule has 3 aliphatic rings. The van der Waals surface area contributed by atoms with Gasteiger partial charge >= 0.3 is 6.03 Å². The molecule has 3 aliphatic heterocycles. The van der Waals surface area contributed by atoms with Gasteiger partial charge in [0.2, 0.25) is 0 Å². The van der Waals surface area contributed by atoms with Crippen LogP contribution in [-0.4, -0.2) is 67.6 Å². The Kier molecular flexibility index (Phi) is 5.47. The molecule has 0 aliphatic carbocycles. The average Bonchev–Trinajstić information content (AvgIpc) is 2.65. The molecule has 3 fully saturated rings. The summed E-state index contributed by atoms with van der Waals surface area (Å²) in [7, 11) is 0. The quantitative estimate of drug-likeness (QED) is 0.768. The lowest BCUT2D eigenvalue weighted by Crippen LogP contribution is -2.65. The highest BCUT2D eigenvalue weighted by atomic mass is 35.5. The lowest BCUT2D eigenvalue weighted by atomic mass is 9.75. The average molecular weight is 411 g/mol. The Hall–Kier alpha value is -1.86. The van der Waals surface area contributed by atoms with E-state index in [1.807, 2.05) is 9.80 Å². The van der Waals surface area contributed by atoms with Crippen molar-refractivity contribution in [2.24, 2.45) is 11.3 Å². The molecule has 152 valence electrons. The number of hydrogen-bond acceptors (Lipinski definition) is 4. The molecule has 0 bridgehead atoms. The molecule has 8 heteroatoms. The Morgan fingerprint density at radius 1 is 1.29 bits per heavy atom.